The molecule has 1 aromatic rings. The summed E-state index contributed by atoms with van der Waals surface area (Å²) in [5, 5.41) is 11.8. The smallest absolute Gasteiger partial charge is 0.329 e. The lowest BCUT2D eigenvalue weighted by Crippen LogP contribution is -2.43. The third kappa shape index (κ3) is 4.43. The number of thiazole rings is 1. The van der Waals surface area contributed by atoms with Gasteiger partial charge in [0.25, 0.3) is 0 Å². The van der Waals surface area contributed by atoms with Crippen molar-refractivity contribution in [3.8, 4) is 0 Å². The third-order valence-corrected chi connectivity index (χ3v) is 4.25. The van der Waals surface area contributed by atoms with Crippen molar-refractivity contribution < 1.29 is 19.4 Å². The summed E-state index contributed by atoms with van der Waals surface area (Å²) in [5.74, 6) is -0.973. The summed E-state index contributed by atoms with van der Waals surface area (Å²) in [5.41, 5.74) is 0. The number of carbonyl (C=O) groups is 2. The van der Waals surface area contributed by atoms with Gasteiger partial charge < -0.3 is 14.7 Å². The number of piperidine rings is 1. The fourth-order valence-electron chi connectivity index (χ4n) is 1.90. The Balaban J connectivity index is 1.75. The molecule has 2 rings (SSSR count). The van der Waals surface area contributed by atoms with Crippen LogP contribution < -0.4 is 5.32 Å². The Bertz CT molecular complexity index is 488. The number of carbonyl (C=O) groups excluding carboxylic acids is 1. The number of anilines is 1. The summed E-state index contributed by atoms with van der Waals surface area (Å²) in [4.78, 5) is 28.1. The Morgan fingerprint density at radius 2 is 2.25 bits per heavy atom. The van der Waals surface area contributed by atoms with Gasteiger partial charge in [0.1, 0.15) is 6.61 Å². The number of nitrogens with zero attached hydrogens (tertiary/aromatic N) is 2. The number of aromatic nitrogens is 1. The minimum atomic E-state index is -0.973. The van der Waals surface area contributed by atoms with Crippen LogP contribution in [0.15, 0.2) is 9.98 Å². The standard InChI is InChI=1S/C11H14BrN3O4S/c12-8-5-13-10(20-8)14-11(18)15-3-1-7(2-4-15)19-6-9(16)17/h5,7H,1-4,6H2,(H,16,17)(H,13,14,18). The maximum Gasteiger partial charge on any atom is 0.329 e. The van der Waals surface area contributed by atoms with Gasteiger partial charge in [0.15, 0.2) is 5.13 Å². The van der Waals surface area contributed by atoms with E-state index in [2.05, 4.69) is 26.2 Å². The highest BCUT2D eigenvalue weighted by Gasteiger charge is 2.24. The molecular weight excluding hydrogens is 350 g/mol. The van der Waals surface area contributed by atoms with Crippen molar-refractivity contribution in [3.63, 3.8) is 0 Å². The quantitative estimate of drug-likeness (QED) is 0.853. The van der Waals surface area contributed by atoms with Crippen LogP contribution in [0.2, 0.25) is 0 Å². The molecule has 2 heterocycles. The van der Waals surface area contributed by atoms with Gasteiger partial charge in [-0.3, -0.25) is 5.32 Å². The van der Waals surface area contributed by atoms with E-state index in [1.165, 1.54) is 11.3 Å². The number of likely N-dealkylation sites (tertiary alicyclic amines) is 1. The van der Waals surface area contributed by atoms with Crippen LogP contribution in [-0.4, -0.2) is 52.8 Å². The van der Waals surface area contributed by atoms with Crippen molar-refractivity contribution in [2.45, 2.75) is 18.9 Å². The first kappa shape index (κ1) is 15.2. The van der Waals surface area contributed by atoms with Crippen molar-refractivity contribution in [3.05, 3.63) is 9.98 Å². The number of hydrogen-bond donors (Lipinski definition) is 2. The first-order chi connectivity index (χ1) is 9.54. The lowest BCUT2D eigenvalue weighted by atomic mass is 10.1. The average Bonchev–Trinajstić information content (AvgIpc) is 2.82. The predicted octanol–water partition coefficient (Wildman–Crippen LogP) is 2.00. The molecule has 0 spiro atoms. The van der Waals surface area contributed by atoms with E-state index in [9.17, 15) is 9.59 Å². The van der Waals surface area contributed by atoms with E-state index in [4.69, 9.17) is 9.84 Å². The van der Waals surface area contributed by atoms with E-state index < -0.39 is 5.97 Å². The van der Waals surface area contributed by atoms with Crippen LogP contribution in [0.1, 0.15) is 12.8 Å². The van der Waals surface area contributed by atoms with Crippen molar-refractivity contribution in [1.29, 1.82) is 0 Å². The maximum atomic E-state index is 12.0. The SMILES string of the molecule is O=C(O)COC1CCN(C(=O)Nc2ncc(Br)s2)CC1. The Morgan fingerprint density at radius 1 is 1.55 bits per heavy atom. The molecule has 1 saturated heterocycles. The van der Waals surface area contributed by atoms with Gasteiger partial charge in [-0.05, 0) is 28.8 Å². The molecule has 20 heavy (non-hydrogen) atoms. The Kier molecular flexibility index (Phi) is 5.32. The molecule has 1 aliphatic rings. The van der Waals surface area contributed by atoms with Gasteiger partial charge in [-0.15, -0.1) is 0 Å². The number of hydrogen-bond acceptors (Lipinski definition) is 5. The molecule has 0 atom stereocenters. The summed E-state index contributed by atoms with van der Waals surface area (Å²) >= 11 is 4.63. The molecule has 2 amide bonds. The van der Waals surface area contributed by atoms with E-state index in [0.717, 1.165) is 3.79 Å². The van der Waals surface area contributed by atoms with E-state index >= 15 is 0 Å². The van der Waals surface area contributed by atoms with Gasteiger partial charge in [-0.2, -0.15) is 0 Å². The van der Waals surface area contributed by atoms with E-state index in [1.807, 2.05) is 0 Å². The van der Waals surface area contributed by atoms with Crippen LogP contribution >= 0.6 is 27.3 Å². The van der Waals surface area contributed by atoms with Gasteiger partial charge in [0.05, 0.1) is 16.1 Å². The fraction of sp³-hybridized carbons (Fsp3) is 0.545. The zero-order chi connectivity index (χ0) is 14.5. The molecule has 0 saturated carbocycles. The van der Waals surface area contributed by atoms with Gasteiger partial charge in [-0.25, -0.2) is 14.6 Å². The van der Waals surface area contributed by atoms with Crippen LogP contribution in [-0.2, 0) is 9.53 Å². The van der Waals surface area contributed by atoms with Crippen LogP contribution in [0.5, 0.6) is 0 Å². The fourth-order valence-corrected chi connectivity index (χ4v) is 2.99. The highest BCUT2D eigenvalue weighted by molar-refractivity contribution is 9.11. The lowest BCUT2D eigenvalue weighted by molar-refractivity contribution is -0.145. The van der Waals surface area contributed by atoms with Gasteiger partial charge in [0.2, 0.25) is 0 Å². The minimum Gasteiger partial charge on any atom is -0.480 e. The number of carboxylic acid groups (broad SMARTS) is 1. The number of urea groups is 1. The molecule has 0 radical (unpaired) electrons. The predicted molar refractivity (Wildman–Crippen MR) is 77.0 cm³/mol. The molecule has 110 valence electrons. The Hall–Kier alpha value is -1.19. The zero-order valence-electron chi connectivity index (χ0n) is 10.5. The number of aliphatic carboxylic acids is 1. The number of carboxylic acids is 1. The highest BCUT2D eigenvalue weighted by atomic mass is 79.9. The molecule has 0 unspecified atom stereocenters. The molecule has 7 nitrogen and oxygen atoms in total. The van der Waals surface area contributed by atoms with Gasteiger partial charge in [-0.1, -0.05) is 11.3 Å². The molecule has 1 fully saturated rings. The number of rotatable bonds is 4. The zero-order valence-corrected chi connectivity index (χ0v) is 12.9. The molecule has 1 aromatic heterocycles. The molecule has 1 aliphatic heterocycles. The minimum absolute atomic E-state index is 0.0934. The second kappa shape index (κ2) is 7.00. The van der Waals surface area contributed by atoms with E-state index in [1.54, 1.807) is 11.1 Å². The molecule has 0 aromatic carbocycles. The largest absolute Gasteiger partial charge is 0.480 e. The summed E-state index contributed by atoms with van der Waals surface area (Å²) in [6, 6.07) is -0.191. The topological polar surface area (TPSA) is 91.8 Å². The van der Waals surface area contributed by atoms with Crippen LogP contribution in [0.25, 0.3) is 0 Å². The number of ether oxygens (including phenoxy) is 1. The average molecular weight is 364 g/mol. The molecule has 0 bridgehead atoms. The molecule has 2 N–H and O–H groups in total. The van der Waals surface area contributed by atoms with Crippen LogP contribution in [0, 0.1) is 0 Å². The maximum absolute atomic E-state index is 12.0. The Morgan fingerprint density at radius 3 is 2.80 bits per heavy atom. The van der Waals surface area contributed by atoms with Gasteiger partial charge in [0, 0.05) is 13.1 Å². The van der Waals surface area contributed by atoms with Crippen molar-refractivity contribution in [2.24, 2.45) is 0 Å². The second-order valence-electron chi connectivity index (χ2n) is 4.29. The van der Waals surface area contributed by atoms with Crippen molar-refractivity contribution in [2.75, 3.05) is 25.0 Å². The summed E-state index contributed by atoms with van der Waals surface area (Å²) in [7, 11) is 0. The van der Waals surface area contributed by atoms with Crippen LogP contribution in [0.3, 0.4) is 0 Å². The first-order valence-corrected chi connectivity index (χ1v) is 7.66. The number of nitrogens with one attached hydrogen (secondary N) is 1. The van der Waals surface area contributed by atoms with Crippen molar-refractivity contribution >= 4 is 44.4 Å². The molecule has 0 aliphatic carbocycles. The number of amides is 2. The first-order valence-electron chi connectivity index (χ1n) is 6.05. The monoisotopic (exact) mass is 363 g/mol. The summed E-state index contributed by atoms with van der Waals surface area (Å²) in [6.07, 6.45) is 2.82. The van der Waals surface area contributed by atoms with Crippen molar-refractivity contribution in [1.82, 2.24) is 9.88 Å². The highest BCUT2D eigenvalue weighted by Crippen LogP contribution is 2.23. The third-order valence-electron chi connectivity index (χ3n) is 2.86. The molecular formula is C11H14BrN3O4S. The van der Waals surface area contributed by atoms with Crippen LogP contribution in [0.4, 0.5) is 9.93 Å². The summed E-state index contributed by atoms with van der Waals surface area (Å²) in [6.45, 7) is 0.801. The summed E-state index contributed by atoms with van der Waals surface area (Å²) < 4.78 is 6.07. The second-order valence-corrected chi connectivity index (χ2v) is 6.70. The number of halogens is 1. The van der Waals surface area contributed by atoms with Gasteiger partial charge >= 0.3 is 12.0 Å². The normalized spacial score (nSPS) is 16.1. The molecule has 9 heteroatoms. The van der Waals surface area contributed by atoms with E-state index in [0.29, 0.717) is 31.1 Å². The lowest BCUT2D eigenvalue weighted by Gasteiger charge is -2.31. The van der Waals surface area contributed by atoms with E-state index in [-0.39, 0.29) is 18.7 Å². The Labute approximate surface area is 128 Å².